The van der Waals surface area contributed by atoms with Crippen molar-refractivity contribution in [3.63, 3.8) is 0 Å². The molecule has 0 atom stereocenters. The summed E-state index contributed by atoms with van der Waals surface area (Å²) in [4.78, 5) is 12.5. The van der Waals surface area contributed by atoms with E-state index in [1.807, 2.05) is 24.3 Å². The summed E-state index contributed by atoms with van der Waals surface area (Å²) in [5, 5.41) is 3.29. The molecule has 3 aromatic carbocycles. The first-order valence-corrected chi connectivity index (χ1v) is 13.8. The molecule has 0 unspecified atom stereocenters. The van der Waals surface area contributed by atoms with Crippen molar-refractivity contribution in [2.75, 3.05) is 23.7 Å². The zero-order valence-corrected chi connectivity index (χ0v) is 22.0. The van der Waals surface area contributed by atoms with Crippen molar-refractivity contribution in [2.24, 2.45) is 0 Å². The van der Waals surface area contributed by atoms with Crippen molar-refractivity contribution in [2.45, 2.75) is 26.3 Å². The van der Waals surface area contributed by atoms with Crippen LogP contribution in [0.4, 0.5) is 5.69 Å². The SMILES string of the molecule is CCCc1ccc(OCCNC(=O)c2ccc(CN(c3c(Cl)cccc3Cl)S(C)(=O)=O)cc2)cc1. The van der Waals surface area contributed by atoms with Crippen molar-refractivity contribution < 1.29 is 17.9 Å². The van der Waals surface area contributed by atoms with Gasteiger partial charge in [-0.1, -0.05) is 66.9 Å². The topological polar surface area (TPSA) is 75.7 Å². The molecule has 35 heavy (non-hydrogen) atoms. The van der Waals surface area contributed by atoms with Crippen molar-refractivity contribution >= 4 is 44.8 Å². The standard InChI is InChI=1S/C26H28Cl2N2O4S/c1-3-5-19-10-14-22(15-11-19)34-17-16-29-26(31)21-12-8-20(9-13-21)18-30(35(2,32)33)25-23(27)6-4-7-24(25)28/h4,6-15H,3,5,16-18H2,1-2H3,(H,29,31). The van der Waals surface area contributed by atoms with E-state index in [2.05, 4.69) is 12.2 Å². The molecule has 0 fully saturated rings. The number of amides is 1. The monoisotopic (exact) mass is 534 g/mol. The van der Waals surface area contributed by atoms with Crippen LogP contribution in [0.1, 0.15) is 34.8 Å². The first-order valence-electron chi connectivity index (χ1n) is 11.2. The number of benzene rings is 3. The summed E-state index contributed by atoms with van der Waals surface area (Å²) < 4.78 is 31.7. The lowest BCUT2D eigenvalue weighted by Crippen LogP contribution is -2.30. The second-order valence-electron chi connectivity index (χ2n) is 8.04. The van der Waals surface area contributed by atoms with Gasteiger partial charge in [0, 0.05) is 5.56 Å². The van der Waals surface area contributed by atoms with Gasteiger partial charge >= 0.3 is 0 Å². The third-order valence-electron chi connectivity index (χ3n) is 5.25. The maximum Gasteiger partial charge on any atom is 0.251 e. The number of nitrogens with zero attached hydrogens (tertiary/aromatic N) is 1. The van der Waals surface area contributed by atoms with Gasteiger partial charge in [0.1, 0.15) is 12.4 Å². The first kappa shape index (κ1) is 26.9. The number of carbonyl (C=O) groups is 1. The Bertz CT molecular complexity index is 1230. The highest BCUT2D eigenvalue weighted by atomic mass is 35.5. The fraction of sp³-hybridized carbons (Fsp3) is 0.269. The van der Waals surface area contributed by atoms with Crippen LogP contribution < -0.4 is 14.4 Å². The average Bonchev–Trinajstić information content (AvgIpc) is 2.82. The molecule has 0 aliphatic rings. The molecule has 0 aromatic heterocycles. The van der Waals surface area contributed by atoms with E-state index in [9.17, 15) is 13.2 Å². The molecule has 0 saturated heterocycles. The average molecular weight is 535 g/mol. The van der Waals surface area contributed by atoms with E-state index in [1.165, 1.54) is 5.56 Å². The zero-order valence-electron chi connectivity index (χ0n) is 19.6. The number of anilines is 1. The molecule has 3 rings (SSSR count). The van der Waals surface area contributed by atoms with Gasteiger partial charge in [0.25, 0.3) is 5.91 Å². The largest absolute Gasteiger partial charge is 0.492 e. The van der Waals surface area contributed by atoms with Gasteiger partial charge < -0.3 is 10.1 Å². The minimum atomic E-state index is -3.66. The van der Waals surface area contributed by atoms with Gasteiger partial charge in [0.15, 0.2) is 0 Å². The van der Waals surface area contributed by atoms with E-state index in [-0.39, 0.29) is 28.2 Å². The van der Waals surface area contributed by atoms with Crippen LogP contribution in [0.3, 0.4) is 0 Å². The van der Waals surface area contributed by atoms with E-state index in [4.69, 9.17) is 27.9 Å². The molecule has 6 nitrogen and oxygen atoms in total. The second-order valence-corrected chi connectivity index (χ2v) is 10.8. The van der Waals surface area contributed by atoms with Gasteiger partial charge in [-0.2, -0.15) is 0 Å². The van der Waals surface area contributed by atoms with E-state index >= 15 is 0 Å². The van der Waals surface area contributed by atoms with Gasteiger partial charge in [0.05, 0.1) is 35.1 Å². The van der Waals surface area contributed by atoms with E-state index in [1.54, 1.807) is 42.5 Å². The Morgan fingerprint density at radius 2 is 1.54 bits per heavy atom. The molecule has 9 heteroatoms. The third kappa shape index (κ3) is 7.62. The zero-order chi connectivity index (χ0) is 25.4. The van der Waals surface area contributed by atoms with E-state index < -0.39 is 10.0 Å². The van der Waals surface area contributed by atoms with Crippen LogP contribution >= 0.6 is 23.2 Å². The summed E-state index contributed by atoms with van der Waals surface area (Å²) in [5.41, 5.74) is 2.63. The minimum Gasteiger partial charge on any atom is -0.492 e. The number of aryl methyl sites for hydroxylation is 1. The molecule has 3 aromatic rings. The van der Waals surface area contributed by atoms with Crippen molar-refractivity contribution in [3.05, 3.63) is 93.5 Å². The number of ether oxygens (including phenoxy) is 1. The summed E-state index contributed by atoms with van der Waals surface area (Å²) >= 11 is 12.5. The number of hydrogen-bond donors (Lipinski definition) is 1. The Labute approximate surface area is 216 Å². The molecule has 0 bridgehead atoms. The van der Waals surface area contributed by atoms with E-state index in [0.717, 1.165) is 29.2 Å². The van der Waals surface area contributed by atoms with Crippen LogP contribution in [-0.4, -0.2) is 33.7 Å². The van der Waals surface area contributed by atoms with Gasteiger partial charge in [-0.05, 0) is 53.9 Å². The Hall–Kier alpha value is -2.74. The van der Waals surface area contributed by atoms with Crippen molar-refractivity contribution in [1.29, 1.82) is 0 Å². The van der Waals surface area contributed by atoms with Gasteiger partial charge in [-0.25, -0.2) is 8.42 Å². The molecule has 1 amide bonds. The van der Waals surface area contributed by atoms with Gasteiger partial charge in [-0.15, -0.1) is 0 Å². The molecule has 0 radical (unpaired) electrons. The highest BCUT2D eigenvalue weighted by Crippen LogP contribution is 2.35. The Balaban J connectivity index is 1.57. The normalized spacial score (nSPS) is 11.2. The van der Waals surface area contributed by atoms with Crippen LogP contribution in [-0.2, 0) is 23.0 Å². The quantitative estimate of drug-likeness (QED) is 0.319. The van der Waals surface area contributed by atoms with Crippen LogP contribution in [0, 0.1) is 0 Å². The third-order valence-corrected chi connectivity index (χ3v) is 6.97. The Kier molecular flexibility index (Phi) is 9.43. The smallest absolute Gasteiger partial charge is 0.251 e. The summed E-state index contributed by atoms with van der Waals surface area (Å²) in [5.74, 6) is 0.519. The molecule has 0 spiro atoms. The number of halogens is 2. The number of nitrogens with one attached hydrogen (secondary N) is 1. The number of carbonyl (C=O) groups excluding carboxylic acids is 1. The van der Waals surface area contributed by atoms with Gasteiger partial charge in [-0.3, -0.25) is 9.10 Å². The second kappa shape index (κ2) is 12.3. The summed E-state index contributed by atoms with van der Waals surface area (Å²) in [6.07, 6.45) is 3.23. The maximum absolute atomic E-state index is 12.5. The number of para-hydroxylation sites is 1. The first-order chi connectivity index (χ1) is 16.7. The molecule has 0 aliphatic carbocycles. The lowest BCUT2D eigenvalue weighted by Gasteiger charge is -2.24. The lowest BCUT2D eigenvalue weighted by atomic mass is 10.1. The molecule has 186 valence electrons. The maximum atomic E-state index is 12.5. The summed E-state index contributed by atoms with van der Waals surface area (Å²) in [7, 11) is -3.66. The number of hydrogen-bond acceptors (Lipinski definition) is 4. The van der Waals surface area contributed by atoms with Gasteiger partial charge in [0.2, 0.25) is 10.0 Å². The number of sulfonamides is 1. The van der Waals surface area contributed by atoms with Crippen LogP contribution in [0.25, 0.3) is 0 Å². The van der Waals surface area contributed by atoms with Crippen molar-refractivity contribution in [3.8, 4) is 5.75 Å². The van der Waals surface area contributed by atoms with E-state index in [0.29, 0.717) is 24.3 Å². The van der Waals surface area contributed by atoms with Crippen LogP contribution in [0.15, 0.2) is 66.7 Å². The molecule has 0 aliphatic heterocycles. The molecular formula is C26H28Cl2N2O4S. The summed E-state index contributed by atoms with van der Waals surface area (Å²) in [6.45, 7) is 2.86. The van der Waals surface area contributed by atoms with Crippen LogP contribution in [0.2, 0.25) is 10.0 Å². The highest BCUT2D eigenvalue weighted by molar-refractivity contribution is 7.92. The Morgan fingerprint density at radius 1 is 0.943 bits per heavy atom. The summed E-state index contributed by atoms with van der Waals surface area (Å²) in [6, 6.07) is 19.5. The molecule has 0 heterocycles. The minimum absolute atomic E-state index is 0.0229. The highest BCUT2D eigenvalue weighted by Gasteiger charge is 2.23. The fourth-order valence-corrected chi connectivity index (χ4v) is 5.11. The molecule has 0 saturated carbocycles. The predicted molar refractivity (Wildman–Crippen MR) is 142 cm³/mol. The van der Waals surface area contributed by atoms with Crippen molar-refractivity contribution in [1.82, 2.24) is 5.32 Å². The van der Waals surface area contributed by atoms with Crippen LogP contribution in [0.5, 0.6) is 5.75 Å². The fourth-order valence-electron chi connectivity index (χ4n) is 3.49. The molecule has 1 N–H and O–H groups in total. The number of rotatable bonds is 11. The molecular weight excluding hydrogens is 507 g/mol. The Morgan fingerprint density at radius 3 is 2.11 bits per heavy atom. The lowest BCUT2D eigenvalue weighted by molar-refractivity contribution is 0.0947. The predicted octanol–water partition coefficient (Wildman–Crippen LogP) is 5.72.